The SMILES string of the molecule is N#CC=C(O)c1cnccn1. The number of aromatic nitrogens is 2. The van der Waals surface area contributed by atoms with Gasteiger partial charge in [0.1, 0.15) is 5.69 Å². The molecule has 0 saturated carbocycles. The van der Waals surface area contributed by atoms with Crippen LogP contribution in [0.5, 0.6) is 0 Å². The molecule has 0 amide bonds. The Kier molecular flexibility index (Phi) is 2.18. The molecular formula is C7H5N3O. The number of hydrogen-bond donors (Lipinski definition) is 1. The zero-order valence-electron chi connectivity index (χ0n) is 5.60. The Morgan fingerprint density at radius 2 is 2.45 bits per heavy atom. The van der Waals surface area contributed by atoms with E-state index in [0.29, 0.717) is 5.69 Å². The van der Waals surface area contributed by atoms with Crippen molar-refractivity contribution in [2.75, 3.05) is 0 Å². The lowest BCUT2D eigenvalue weighted by atomic mass is 10.3. The summed E-state index contributed by atoms with van der Waals surface area (Å²) in [6, 6.07) is 1.69. The van der Waals surface area contributed by atoms with Crippen molar-refractivity contribution in [1.82, 2.24) is 9.97 Å². The van der Waals surface area contributed by atoms with E-state index in [4.69, 9.17) is 10.4 Å². The van der Waals surface area contributed by atoms with Gasteiger partial charge in [0.2, 0.25) is 0 Å². The molecule has 0 aliphatic carbocycles. The number of aliphatic hydroxyl groups excluding tert-OH is 1. The molecule has 0 aliphatic rings. The van der Waals surface area contributed by atoms with E-state index in [2.05, 4.69) is 9.97 Å². The third-order valence-electron chi connectivity index (χ3n) is 1.03. The second-order valence-electron chi connectivity index (χ2n) is 1.75. The summed E-state index contributed by atoms with van der Waals surface area (Å²) in [7, 11) is 0. The molecule has 11 heavy (non-hydrogen) atoms. The lowest BCUT2D eigenvalue weighted by Gasteiger charge is -1.93. The molecule has 1 rings (SSSR count). The third-order valence-corrected chi connectivity index (χ3v) is 1.03. The molecule has 0 aromatic carbocycles. The summed E-state index contributed by atoms with van der Waals surface area (Å²) in [5, 5.41) is 17.2. The summed E-state index contributed by atoms with van der Waals surface area (Å²) in [5.74, 6) is -0.166. The Morgan fingerprint density at radius 1 is 1.64 bits per heavy atom. The van der Waals surface area contributed by atoms with Gasteiger partial charge >= 0.3 is 0 Å². The van der Waals surface area contributed by atoms with E-state index >= 15 is 0 Å². The van der Waals surface area contributed by atoms with Crippen molar-refractivity contribution in [2.24, 2.45) is 0 Å². The van der Waals surface area contributed by atoms with Crippen molar-refractivity contribution in [3.63, 3.8) is 0 Å². The Labute approximate surface area is 63.5 Å². The van der Waals surface area contributed by atoms with Gasteiger partial charge in [-0.3, -0.25) is 4.98 Å². The minimum Gasteiger partial charge on any atom is -0.505 e. The Bertz CT molecular complexity index is 299. The second-order valence-corrected chi connectivity index (χ2v) is 1.75. The third kappa shape index (κ3) is 1.76. The fourth-order valence-corrected chi connectivity index (χ4v) is 0.566. The highest BCUT2D eigenvalue weighted by Crippen LogP contribution is 2.03. The van der Waals surface area contributed by atoms with Crippen LogP contribution in [-0.4, -0.2) is 15.1 Å². The first-order valence-electron chi connectivity index (χ1n) is 2.89. The molecule has 54 valence electrons. The lowest BCUT2D eigenvalue weighted by Crippen LogP contribution is -1.87. The highest BCUT2D eigenvalue weighted by atomic mass is 16.3. The number of hydrogen-bond acceptors (Lipinski definition) is 4. The van der Waals surface area contributed by atoms with Gasteiger partial charge in [-0.15, -0.1) is 0 Å². The summed E-state index contributed by atoms with van der Waals surface area (Å²) < 4.78 is 0. The predicted octanol–water partition coefficient (Wildman–Crippen LogP) is 0.899. The second kappa shape index (κ2) is 3.32. The Balaban J connectivity index is 2.96. The van der Waals surface area contributed by atoms with Crippen LogP contribution in [-0.2, 0) is 0 Å². The first-order valence-corrected chi connectivity index (χ1v) is 2.89. The van der Waals surface area contributed by atoms with E-state index < -0.39 is 0 Å². The summed E-state index contributed by atoms with van der Waals surface area (Å²) in [6.07, 6.45) is 5.31. The summed E-state index contributed by atoms with van der Waals surface area (Å²) in [6.45, 7) is 0. The minimum atomic E-state index is -0.166. The molecular weight excluding hydrogens is 142 g/mol. The van der Waals surface area contributed by atoms with Crippen LogP contribution in [0.4, 0.5) is 0 Å². The van der Waals surface area contributed by atoms with Crippen LogP contribution in [0.3, 0.4) is 0 Å². The number of nitrogens with zero attached hydrogens (tertiary/aromatic N) is 3. The molecule has 0 saturated heterocycles. The maximum Gasteiger partial charge on any atom is 0.153 e. The largest absolute Gasteiger partial charge is 0.505 e. The number of rotatable bonds is 1. The molecule has 0 atom stereocenters. The van der Waals surface area contributed by atoms with Gasteiger partial charge in [-0.05, 0) is 0 Å². The van der Waals surface area contributed by atoms with E-state index in [1.807, 2.05) is 0 Å². The van der Waals surface area contributed by atoms with E-state index in [9.17, 15) is 0 Å². The Hall–Kier alpha value is -1.89. The molecule has 1 heterocycles. The maximum atomic E-state index is 9.06. The zero-order chi connectivity index (χ0) is 8.10. The molecule has 4 heteroatoms. The first kappa shape index (κ1) is 7.22. The zero-order valence-corrected chi connectivity index (χ0v) is 5.60. The average Bonchev–Trinajstić information content (AvgIpc) is 2.07. The maximum absolute atomic E-state index is 9.06. The van der Waals surface area contributed by atoms with Crippen molar-refractivity contribution in [3.8, 4) is 6.07 Å². The van der Waals surface area contributed by atoms with E-state index in [1.165, 1.54) is 18.6 Å². The van der Waals surface area contributed by atoms with Crippen LogP contribution in [0.1, 0.15) is 5.69 Å². The molecule has 1 aromatic heterocycles. The minimum absolute atomic E-state index is 0.166. The molecule has 4 nitrogen and oxygen atoms in total. The quantitative estimate of drug-likeness (QED) is 0.473. The highest BCUT2D eigenvalue weighted by molar-refractivity contribution is 5.55. The summed E-state index contributed by atoms with van der Waals surface area (Å²) in [4.78, 5) is 7.48. The van der Waals surface area contributed by atoms with Gasteiger partial charge in [-0.25, -0.2) is 4.98 Å². The van der Waals surface area contributed by atoms with Gasteiger partial charge in [-0.2, -0.15) is 5.26 Å². The molecule has 1 aromatic rings. The van der Waals surface area contributed by atoms with Crippen molar-refractivity contribution >= 4 is 5.76 Å². The normalized spacial score (nSPS) is 10.6. The Morgan fingerprint density at radius 3 is 3.00 bits per heavy atom. The number of nitriles is 1. The van der Waals surface area contributed by atoms with Gasteiger partial charge in [0.25, 0.3) is 0 Å². The number of allylic oxidation sites excluding steroid dienone is 1. The van der Waals surface area contributed by atoms with Crippen molar-refractivity contribution in [2.45, 2.75) is 0 Å². The fourth-order valence-electron chi connectivity index (χ4n) is 0.566. The van der Waals surface area contributed by atoms with Crippen LogP contribution in [0.15, 0.2) is 24.7 Å². The van der Waals surface area contributed by atoms with Gasteiger partial charge < -0.3 is 5.11 Å². The molecule has 0 spiro atoms. The van der Waals surface area contributed by atoms with Gasteiger partial charge in [0.05, 0.1) is 18.3 Å². The number of aliphatic hydroxyl groups is 1. The average molecular weight is 147 g/mol. The van der Waals surface area contributed by atoms with Crippen LogP contribution in [0, 0.1) is 11.3 Å². The van der Waals surface area contributed by atoms with E-state index in [-0.39, 0.29) is 5.76 Å². The van der Waals surface area contributed by atoms with Gasteiger partial charge in [0.15, 0.2) is 5.76 Å². The molecule has 0 unspecified atom stereocenters. The molecule has 1 N–H and O–H groups in total. The topological polar surface area (TPSA) is 69.8 Å². The molecule has 0 bridgehead atoms. The van der Waals surface area contributed by atoms with Crippen molar-refractivity contribution in [1.29, 1.82) is 5.26 Å². The van der Waals surface area contributed by atoms with Crippen molar-refractivity contribution < 1.29 is 5.11 Å². The summed E-state index contributed by atoms with van der Waals surface area (Å²) >= 11 is 0. The van der Waals surface area contributed by atoms with Crippen LogP contribution in [0.2, 0.25) is 0 Å². The monoisotopic (exact) mass is 147 g/mol. The van der Waals surface area contributed by atoms with Crippen LogP contribution >= 0.6 is 0 Å². The standard InChI is InChI=1S/C7H5N3O/c8-2-1-7(11)6-5-9-3-4-10-6/h1,3-5,11H. The van der Waals surface area contributed by atoms with E-state index in [0.717, 1.165) is 6.08 Å². The lowest BCUT2D eigenvalue weighted by molar-refractivity contribution is 0.508. The smallest absolute Gasteiger partial charge is 0.153 e. The van der Waals surface area contributed by atoms with E-state index in [1.54, 1.807) is 6.07 Å². The summed E-state index contributed by atoms with van der Waals surface area (Å²) in [5.41, 5.74) is 0.300. The predicted molar refractivity (Wildman–Crippen MR) is 38.3 cm³/mol. The van der Waals surface area contributed by atoms with Crippen LogP contribution in [0.25, 0.3) is 5.76 Å². The van der Waals surface area contributed by atoms with Crippen molar-refractivity contribution in [3.05, 3.63) is 30.4 Å². The fraction of sp³-hybridized carbons (Fsp3) is 0. The molecule has 0 fully saturated rings. The first-order chi connectivity index (χ1) is 5.34. The molecule has 0 radical (unpaired) electrons. The van der Waals surface area contributed by atoms with Crippen LogP contribution < -0.4 is 0 Å². The van der Waals surface area contributed by atoms with Gasteiger partial charge in [0, 0.05) is 12.4 Å². The highest BCUT2D eigenvalue weighted by Gasteiger charge is 1.96. The molecule has 0 aliphatic heterocycles. The van der Waals surface area contributed by atoms with Gasteiger partial charge in [-0.1, -0.05) is 0 Å².